The molecule has 0 radical (unpaired) electrons. The summed E-state index contributed by atoms with van der Waals surface area (Å²) >= 11 is 1.28. The number of benzene rings is 1. The summed E-state index contributed by atoms with van der Waals surface area (Å²) in [6.45, 7) is 4.74. The first-order valence-corrected chi connectivity index (χ1v) is 8.30. The van der Waals surface area contributed by atoms with Gasteiger partial charge in [0.1, 0.15) is 5.01 Å². The summed E-state index contributed by atoms with van der Waals surface area (Å²) in [5.41, 5.74) is 2.74. The van der Waals surface area contributed by atoms with E-state index in [9.17, 15) is 14.7 Å². The van der Waals surface area contributed by atoms with E-state index in [4.69, 9.17) is 0 Å². The molecule has 0 aliphatic carbocycles. The maximum atomic E-state index is 11.9. The fourth-order valence-electron chi connectivity index (χ4n) is 2.08. The van der Waals surface area contributed by atoms with Crippen molar-refractivity contribution < 1.29 is 14.7 Å². The van der Waals surface area contributed by atoms with Crippen molar-refractivity contribution in [2.75, 3.05) is 0 Å². The van der Waals surface area contributed by atoms with Gasteiger partial charge in [0.25, 0.3) is 0 Å². The molecule has 5 nitrogen and oxygen atoms in total. The Kier molecular flexibility index (Phi) is 5.87. The summed E-state index contributed by atoms with van der Waals surface area (Å²) in [5, 5.41) is 15.6. The van der Waals surface area contributed by atoms with E-state index in [0.29, 0.717) is 23.2 Å². The molecule has 0 saturated carbocycles. The molecule has 0 fully saturated rings. The van der Waals surface area contributed by atoms with Gasteiger partial charge in [-0.3, -0.25) is 4.79 Å². The summed E-state index contributed by atoms with van der Waals surface area (Å²) in [5.74, 6) is -0.817. The van der Waals surface area contributed by atoms with Crippen LogP contribution in [0.15, 0.2) is 29.6 Å². The average molecular weight is 331 g/mol. The van der Waals surface area contributed by atoms with Crippen LogP contribution in [0.5, 0.6) is 0 Å². The molecule has 0 bridgehead atoms. The van der Waals surface area contributed by atoms with Gasteiger partial charge in [-0.25, -0.2) is 4.98 Å². The number of hydrogen-bond donors (Lipinski definition) is 1. The third kappa shape index (κ3) is 5.49. The molecule has 0 saturated heterocycles. The minimum atomic E-state index is -1.17. The second kappa shape index (κ2) is 7.87. The first kappa shape index (κ1) is 17.1. The maximum Gasteiger partial charge on any atom is 0.227 e. The van der Waals surface area contributed by atoms with Crippen molar-refractivity contribution in [3.8, 4) is 0 Å². The van der Waals surface area contributed by atoms with E-state index in [1.54, 1.807) is 5.38 Å². The van der Waals surface area contributed by atoms with Crippen LogP contribution in [0.2, 0.25) is 0 Å². The second-order valence-corrected chi connectivity index (χ2v) is 6.57. The van der Waals surface area contributed by atoms with Crippen LogP contribution in [0.1, 0.15) is 41.6 Å². The molecule has 0 aliphatic heterocycles. The summed E-state index contributed by atoms with van der Waals surface area (Å²) in [6, 6.07) is 8.16. The van der Waals surface area contributed by atoms with E-state index in [-0.39, 0.29) is 18.7 Å². The highest BCUT2D eigenvalue weighted by Crippen LogP contribution is 2.15. The number of amides is 1. The van der Waals surface area contributed by atoms with Crippen molar-refractivity contribution in [1.82, 2.24) is 10.3 Å². The van der Waals surface area contributed by atoms with Gasteiger partial charge in [0, 0.05) is 24.3 Å². The van der Waals surface area contributed by atoms with E-state index in [1.165, 1.54) is 16.9 Å². The van der Waals surface area contributed by atoms with Crippen LogP contribution < -0.4 is 10.4 Å². The Hall–Kier alpha value is -2.21. The first-order chi connectivity index (χ1) is 10.9. The topological polar surface area (TPSA) is 82.1 Å². The largest absolute Gasteiger partial charge is 0.550 e. The number of nitrogens with one attached hydrogen (secondary N) is 1. The molecule has 0 unspecified atom stereocenters. The molecule has 1 aromatic carbocycles. The predicted molar refractivity (Wildman–Crippen MR) is 86.9 cm³/mol. The Morgan fingerprint density at radius 2 is 1.91 bits per heavy atom. The minimum absolute atomic E-state index is 0.132. The summed E-state index contributed by atoms with van der Waals surface area (Å²) < 4.78 is 0. The van der Waals surface area contributed by atoms with Gasteiger partial charge >= 0.3 is 0 Å². The fraction of sp³-hybridized carbons (Fsp3) is 0.353. The Balaban J connectivity index is 1.82. The monoisotopic (exact) mass is 331 g/mol. The number of carbonyl (C=O) groups is 2. The van der Waals surface area contributed by atoms with Crippen molar-refractivity contribution in [3.05, 3.63) is 51.5 Å². The van der Waals surface area contributed by atoms with E-state index in [1.807, 2.05) is 12.1 Å². The molecule has 2 aromatic rings. The van der Waals surface area contributed by atoms with Crippen molar-refractivity contribution in [3.63, 3.8) is 0 Å². The van der Waals surface area contributed by atoms with E-state index in [2.05, 4.69) is 36.3 Å². The number of carboxylic acids is 1. The minimum Gasteiger partial charge on any atom is -0.550 e. The van der Waals surface area contributed by atoms with Crippen molar-refractivity contribution in [2.45, 2.75) is 39.2 Å². The van der Waals surface area contributed by atoms with Crippen LogP contribution in [0.3, 0.4) is 0 Å². The highest BCUT2D eigenvalue weighted by Gasteiger charge is 2.08. The molecular formula is C17H19N2O3S-. The maximum absolute atomic E-state index is 11.9. The molecule has 1 N–H and O–H groups in total. The molecule has 23 heavy (non-hydrogen) atoms. The van der Waals surface area contributed by atoms with Crippen LogP contribution in [-0.2, 0) is 29.0 Å². The third-order valence-corrected chi connectivity index (χ3v) is 4.27. The van der Waals surface area contributed by atoms with Gasteiger partial charge in [0.05, 0.1) is 12.1 Å². The van der Waals surface area contributed by atoms with Crippen molar-refractivity contribution in [1.29, 1.82) is 0 Å². The zero-order chi connectivity index (χ0) is 16.8. The molecule has 2 rings (SSSR count). The summed E-state index contributed by atoms with van der Waals surface area (Å²) in [4.78, 5) is 26.5. The Morgan fingerprint density at radius 1 is 1.22 bits per heavy atom. The molecule has 1 amide bonds. The fourth-order valence-corrected chi connectivity index (χ4v) is 2.87. The van der Waals surface area contributed by atoms with Crippen LogP contribution in [0, 0.1) is 0 Å². The lowest BCUT2D eigenvalue weighted by Gasteiger charge is -2.08. The zero-order valence-corrected chi connectivity index (χ0v) is 14.0. The normalized spacial score (nSPS) is 10.7. The lowest BCUT2D eigenvalue weighted by molar-refractivity contribution is -0.304. The van der Waals surface area contributed by atoms with E-state index >= 15 is 0 Å². The van der Waals surface area contributed by atoms with Crippen LogP contribution in [-0.4, -0.2) is 16.9 Å². The molecule has 0 atom stereocenters. The number of aromatic nitrogens is 1. The number of carbonyl (C=O) groups excluding carboxylic acids is 2. The quantitative estimate of drug-likeness (QED) is 0.832. The van der Waals surface area contributed by atoms with Gasteiger partial charge in [-0.1, -0.05) is 38.1 Å². The number of thiazole rings is 1. The number of aliphatic carboxylic acids is 1. The Labute approximate surface area is 139 Å². The summed E-state index contributed by atoms with van der Waals surface area (Å²) in [7, 11) is 0. The smallest absolute Gasteiger partial charge is 0.227 e. The lowest BCUT2D eigenvalue weighted by atomic mass is 10.0. The van der Waals surface area contributed by atoms with E-state index < -0.39 is 5.97 Å². The van der Waals surface area contributed by atoms with Crippen LogP contribution in [0.25, 0.3) is 0 Å². The first-order valence-electron chi connectivity index (χ1n) is 7.42. The van der Waals surface area contributed by atoms with Gasteiger partial charge in [0.2, 0.25) is 5.91 Å². The summed E-state index contributed by atoms with van der Waals surface area (Å²) in [6.07, 6.45) is -0.0674. The van der Waals surface area contributed by atoms with Crippen molar-refractivity contribution in [2.24, 2.45) is 0 Å². The SMILES string of the molecule is CC(C)c1ccc(CNC(=O)Cc2nc(CC(=O)[O-])cs2)cc1. The number of rotatable bonds is 7. The van der Waals surface area contributed by atoms with Gasteiger partial charge < -0.3 is 15.2 Å². The molecule has 6 heteroatoms. The predicted octanol–water partition coefficient (Wildman–Crippen LogP) is 1.42. The van der Waals surface area contributed by atoms with Gasteiger partial charge in [-0.05, 0) is 17.0 Å². The highest BCUT2D eigenvalue weighted by molar-refractivity contribution is 7.09. The van der Waals surface area contributed by atoms with Crippen LogP contribution >= 0.6 is 11.3 Å². The number of carboxylic acid groups (broad SMARTS) is 1. The molecule has 0 aliphatic rings. The Morgan fingerprint density at radius 3 is 2.52 bits per heavy atom. The third-order valence-electron chi connectivity index (χ3n) is 3.37. The van der Waals surface area contributed by atoms with Gasteiger partial charge in [-0.2, -0.15) is 0 Å². The average Bonchev–Trinajstić information content (AvgIpc) is 2.91. The molecule has 0 spiro atoms. The number of nitrogens with zero attached hydrogens (tertiary/aromatic N) is 1. The lowest BCUT2D eigenvalue weighted by Crippen LogP contribution is -2.25. The second-order valence-electron chi connectivity index (χ2n) is 5.63. The molecule has 1 heterocycles. The zero-order valence-electron chi connectivity index (χ0n) is 13.2. The van der Waals surface area contributed by atoms with Gasteiger partial charge in [-0.15, -0.1) is 11.3 Å². The van der Waals surface area contributed by atoms with E-state index in [0.717, 1.165) is 5.56 Å². The van der Waals surface area contributed by atoms with Gasteiger partial charge in [0.15, 0.2) is 0 Å². The molecular weight excluding hydrogens is 312 g/mol. The van der Waals surface area contributed by atoms with Crippen LogP contribution in [0.4, 0.5) is 0 Å². The molecule has 1 aromatic heterocycles. The molecule has 122 valence electrons. The van der Waals surface area contributed by atoms with Crippen molar-refractivity contribution >= 4 is 23.2 Å². The number of hydrogen-bond acceptors (Lipinski definition) is 5. The Bertz CT molecular complexity index is 677. The highest BCUT2D eigenvalue weighted by atomic mass is 32.1. The standard InChI is InChI=1S/C17H20N2O3S/c1-11(2)13-5-3-12(4-6-13)9-18-15(20)8-16-19-14(10-23-16)7-17(21)22/h3-6,10-11H,7-9H2,1-2H3,(H,18,20)(H,21,22)/p-1.